The van der Waals surface area contributed by atoms with Gasteiger partial charge in [-0.3, -0.25) is 9.69 Å². The lowest BCUT2D eigenvalue weighted by molar-refractivity contribution is 0.111. The van der Waals surface area contributed by atoms with Gasteiger partial charge in [-0.25, -0.2) is 15.0 Å². The lowest BCUT2D eigenvalue weighted by Crippen LogP contribution is -2.47. The van der Waals surface area contributed by atoms with Crippen LogP contribution in [0.5, 0.6) is 5.75 Å². The van der Waals surface area contributed by atoms with Crippen molar-refractivity contribution < 1.29 is 9.90 Å². The summed E-state index contributed by atoms with van der Waals surface area (Å²) >= 11 is 0. The highest BCUT2D eigenvalue weighted by Gasteiger charge is 2.18. The van der Waals surface area contributed by atoms with E-state index in [0.29, 0.717) is 6.29 Å². The average Bonchev–Trinajstić information content (AvgIpc) is 2.70. The number of aryl methyl sites for hydroxylation is 1. The number of hydrogen-bond donors (Lipinski definition) is 1. The highest BCUT2D eigenvalue weighted by atomic mass is 16.3. The Labute approximate surface area is 153 Å². The molecule has 0 amide bonds. The largest absolute Gasteiger partial charge is 0.506 e. The molecule has 0 saturated carbocycles. The average molecular weight is 355 g/mol. The molecule has 1 aliphatic rings. The Kier molecular flexibility index (Phi) is 6.49. The zero-order chi connectivity index (χ0) is 18.2. The Morgan fingerprint density at radius 2 is 1.81 bits per heavy atom. The molecule has 26 heavy (non-hydrogen) atoms. The van der Waals surface area contributed by atoms with Crippen molar-refractivity contribution >= 4 is 12.2 Å². The van der Waals surface area contributed by atoms with Gasteiger partial charge in [-0.1, -0.05) is 6.42 Å². The van der Waals surface area contributed by atoms with Gasteiger partial charge in [0.25, 0.3) is 0 Å². The number of aromatic hydroxyl groups is 1. The Morgan fingerprint density at radius 1 is 1.04 bits per heavy atom. The number of carbonyl (C=O) groups excluding carboxylic acids is 1. The van der Waals surface area contributed by atoms with Gasteiger partial charge >= 0.3 is 0 Å². The molecule has 0 atom stereocenters. The van der Waals surface area contributed by atoms with Crippen LogP contribution in [0.3, 0.4) is 0 Å². The first kappa shape index (κ1) is 18.3. The Balaban J connectivity index is 1.32. The van der Waals surface area contributed by atoms with Crippen molar-refractivity contribution in [3.8, 4) is 5.75 Å². The number of hydrogen-bond acceptors (Lipinski definition) is 7. The van der Waals surface area contributed by atoms with E-state index in [9.17, 15) is 9.90 Å². The van der Waals surface area contributed by atoms with Gasteiger partial charge in [-0.15, -0.1) is 0 Å². The highest BCUT2D eigenvalue weighted by Crippen LogP contribution is 2.15. The fourth-order valence-electron chi connectivity index (χ4n) is 3.18. The van der Waals surface area contributed by atoms with E-state index in [0.717, 1.165) is 70.0 Å². The van der Waals surface area contributed by atoms with E-state index in [1.165, 1.54) is 0 Å². The van der Waals surface area contributed by atoms with Crippen LogP contribution in [0.4, 0.5) is 5.95 Å². The molecule has 138 valence electrons. The topological polar surface area (TPSA) is 82.5 Å². The van der Waals surface area contributed by atoms with Crippen molar-refractivity contribution in [3.63, 3.8) is 0 Å². The zero-order valence-corrected chi connectivity index (χ0v) is 14.9. The van der Waals surface area contributed by atoms with Crippen LogP contribution in [0.15, 0.2) is 30.6 Å². The summed E-state index contributed by atoms with van der Waals surface area (Å²) in [6.45, 7) is 5.12. The highest BCUT2D eigenvalue weighted by molar-refractivity contribution is 5.75. The number of piperazine rings is 1. The minimum atomic E-state index is -0.0520. The third kappa shape index (κ3) is 4.98. The molecule has 0 aromatic carbocycles. The molecule has 1 aliphatic heterocycles. The normalized spacial score (nSPS) is 15.2. The molecule has 1 fully saturated rings. The molecular formula is C19H25N5O2. The number of aldehydes is 1. The van der Waals surface area contributed by atoms with E-state index < -0.39 is 0 Å². The van der Waals surface area contributed by atoms with E-state index in [1.54, 1.807) is 24.5 Å². The van der Waals surface area contributed by atoms with E-state index in [4.69, 9.17) is 0 Å². The fraction of sp³-hybridized carbons (Fsp3) is 0.474. The van der Waals surface area contributed by atoms with Crippen LogP contribution in [0.25, 0.3) is 0 Å². The molecule has 1 N–H and O–H groups in total. The van der Waals surface area contributed by atoms with Crippen LogP contribution in [0.1, 0.15) is 35.4 Å². The summed E-state index contributed by atoms with van der Waals surface area (Å²) in [7, 11) is 0. The van der Waals surface area contributed by atoms with E-state index >= 15 is 0 Å². The first-order valence-electron chi connectivity index (χ1n) is 9.14. The zero-order valence-electron chi connectivity index (χ0n) is 14.9. The van der Waals surface area contributed by atoms with Crippen molar-refractivity contribution in [3.05, 3.63) is 42.0 Å². The van der Waals surface area contributed by atoms with Crippen LogP contribution in [-0.4, -0.2) is 64.0 Å². The second kappa shape index (κ2) is 9.24. The van der Waals surface area contributed by atoms with Crippen molar-refractivity contribution in [2.75, 3.05) is 37.6 Å². The summed E-state index contributed by atoms with van der Waals surface area (Å²) in [5.41, 5.74) is 0.990. The SMILES string of the molecule is O=Cc1nc(CCCCCN2CCN(c3ncccn3)CC2)ccc1O. The molecule has 0 bridgehead atoms. The molecule has 1 saturated heterocycles. The first-order valence-corrected chi connectivity index (χ1v) is 9.14. The van der Waals surface area contributed by atoms with Crippen LogP contribution < -0.4 is 4.90 Å². The van der Waals surface area contributed by atoms with Crippen LogP contribution in [0.2, 0.25) is 0 Å². The molecule has 7 nitrogen and oxygen atoms in total. The molecule has 0 unspecified atom stereocenters. The number of anilines is 1. The predicted octanol–water partition coefficient (Wildman–Crippen LogP) is 1.92. The van der Waals surface area contributed by atoms with Gasteiger partial charge < -0.3 is 10.0 Å². The molecule has 3 heterocycles. The maximum atomic E-state index is 10.8. The Bertz CT molecular complexity index is 702. The van der Waals surface area contributed by atoms with Gasteiger partial charge in [0.15, 0.2) is 6.29 Å². The van der Waals surface area contributed by atoms with Crippen molar-refractivity contribution in [1.29, 1.82) is 0 Å². The quantitative estimate of drug-likeness (QED) is 0.572. The molecule has 7 heteroatoms. The van der Waals surface area contributed by atoms with Crippen molar-refractivity contribution in [2.24, 2.45) is 0 Å². The smallest absolute Gasteiger partial charge is 0.225 e. The maximum Gasteiger partial charge on any atom is 0.225 e. The molecule has 0 radical (unpaired) electrons. The van der Waals surface area contributed by atoms with Crippen LogP contribution in [-0.2, 0) is 6.42 Å². The summed E-state index contributed by atoms with van der Waals surface area (Å²) < 4.78 is 0. The standard InChI is InChI=1S/C19H25N5O2/c25-15-17-18(26)7-6-16(22-17)5-2-1-3-10-23-11-13-24(14-12-23)19-20-8-4-9-21-19/h4,6-9,15,26H,1-3,5,10-14H2. The summed E-state index contributed by atoms with van der Waals surface area (Å²) in [6, 6.07) is 5.17. The molecule has 0 spiro atoms. The van der Waals surface area contributed by atoms with Gasteiger partial charge in [0.05, 0.1) is 0 Å². The lowest BCUT2D eigenvalue weighted by atomic mass is 10.1. The summed E-state index contributed by atoms with van der Waals surface area (Å²) in [4.78, 5) is 28.3. The Hall–Kier alpha value is -2.54. The fourth-order valence-corrected chi connectivity index (χ4v) is 3.18. The van der Waals surface area contributed by atoms with Gasteiger partial charge in [-0.05, 0) is 44.0 Å². The Morgan fingerprint density at radius 3 is 2.54 bits per heavy atom. The van der Waals surface area contributed by atoms with E-state index in [-0.39, 0.29) is 11.4 Å². The lowest BCUT2D eigenvalue weighted by Gasteiger charge is -2.34. The number of aromatic nitrogens is 3. The minimum absolute atomic E-state index is 0.0520. The number of unbranched alkanes of at least 4 members (excludes halogenated alkanes) is 2. The second-order valence-corrected chi connectivity index (χ2v) is 6.51. The van der Waals surface area contributed by atoms with Gasteiger partial charge in [-0.2, -0.15) is 0 Å². The van der Waals surface area contributed by atoms with Crippen LogP contribution in [0, 0.1) is 0 Å². The first-order chi connectivity index (χ1) is 12.8. The van der Waals surface area contributed by atoms with Crippen molar-refractivity contribution in [1.82, 2.24) is 19.9 Å². The molecular weight excluding hydrogens is 330 g/mol. The number of nitrogens with zero attached hydrogens (tertiary/aromatic N) is 5. The van der Waals surface area contributed by atoms with Gasteiger partial charge in [0.1, 0.15) is 11.4 Å². The third-order valence-corrected chi connectivity index (χ3v) is 4.69. The van der Waals surface area contributed by atoms with E-state index in [1.807, 2.05) is 6.07 Å². The molecule has 2 aromatic rings. The van der Waals surface area contributed by atoms with Crippen molar-refractivity contribution in [2.45, 2.75) is 25.7 Å². The van der Waals surface area contributed by atoms with E-state index in [2.05, 4.69) is 24.8 Å². The van der Waals surface area contributed by atoms with Gasteiger partial charge in [0.2, 0.25) is 5.95 Å². The molecule has 2 aromatic heterocycles. The second-order valence-electron chi connectivity index (χ2n) is 6.51. The predicted molar refractivity (Wildman–Crippen MR) is 99.5 cm³/mol. The summed E-state index contributed by atoms with van der Waals surface area (Å²) in [5, 5.41) is 9.47. The number of rotatable bonds is 8. The monoisotopic (exact) mass is 355 g/mol. The van der Waals surface area contributed by atoms with Crippen LogP contribution >= 0.6 is 0 Å². The maximum absolute atomic E-state index is 10.8. The summed E-state index contributed by atoms with van der Waals surface area (Å²) in [6.07, 6.45) is 8.32. The molecule has 3 rings (SSSR count). The third-order valence-electron chi connectivity index (χ3n) is 4.69. The summed E-state index contributed by atoms with van der Waals surface area (Å²) in [5.74, 6) is 0.770. The number of pyridine rings is 1. The number of carbonyl (C=O) groups is 1. The molecule has 0 aliphatic carbocycles. The minimum Gasteiger partial charge on any atom is -0.506 e. The van der Waals surface area contributed by atoms with Gasteiger partial charge in [0, 0.05) is 44.3 Å².